The van der Waals surface area contributed by atoms with Gasteiger partial charge in [0.2, 0.25) is 0 Å². The molecule has 0 spiro atoms. The minimum atomic E-state index is 0. The van der Waals surface area contributed by atoms with Crippen molar-refractivity contribution in [1.82, 2.24) is 4.90 Å². The zero-order chi connectivity index (χ0) is 11.4. The van der Waals surface area contributed by atoms with Crippen LogP contribution in [0.25, 0.3) is 0 Å². The van der Waals surface area contributed by atoms with Gasteiger partial charge in [-0.05, 0) is 31.0 Å². The van der Waals surface area contributed by atoms with Gasteiger partial charge in [-0.3, -0.25) is 0 Å². The highest BCUT2D eigenvalue weighted by Crippen LogP contribution is 2.31. The van der Waals surface area contributed by atoms with Crippen LogP contribution in [-0.2, 0) is 0 Å². The second-order valence-corrected chi connectivity index (χ2v) is 4.77. The quantitative estimate of drug-likeness (QED) is 0.895. The summed E-state index contributed by atoms with van der Waals surface area (Å²) in [6, 6.07) is 10.8. The largest absolute Gasteiger partial charge is 0.330 e. The third-order valence-corrected chi connectivity index (χ3v) is 3.59. The van der Waals surface area contributed by atoms with E-state index in [9.17, 15) is 0 Å². The summed E-state index contributed by atoms with van der Waals surface area (Å²) in [5.41, 5.74) is 7.35. The van der Waals surface area contributed by atoms with Crippen LogP contribution >= 0.6 is 12.4 Å². The van der Waals surface area contributed by atoms with E-state index in [1.807, 2.05) is 0 Å². The summed E-state index contributed by atoms with van der Waals surface area (Å²) < 4.78 is 0. The molecule has 0 saturated carbocycles. The molecule has 1 aromatic rings. The molecule has 1 saturated heterocycles. The average Bonchev–Trinajstić information content (AvgIpc) is 2.74. The summed E-state index contributed by atoms with van der Waals surface area (Å²) in [6.45, 7) is 6.61. The number of nitrogens with two attached hydrogens (primary N) is 1. The molecule has 0 bridgehead atoms. The predicted octanol–water partition coefficient (Wildman–Crippen LogP) is 2.49. The molecule has 0 aromatic heterocycles. The lowest BCUT2D eigenvalue weighted by molar-refractivity contribution is 0.325. The number of benzene rings is 1. The van der Waals surface area contributed by atoms with Crippen LogP contribution in [0.15, 0.2) is 30.3 Å². The number of likely N-dealkylation sites (tertiary alicyclic amines) is 1. The zero-order valence-corrected chi connectivity index (χ0v) is 11.3. The van der Waals surface area contributed by atoms with Crippen LogP contribution in [0, 0.1) is 5.92 Å². The highest BCUT2D eigenvalue weighted by Gasteiger charge is 2.31. The predicted molar refractivity (Wildman–Crippen MR) is 75.7 cm³/mol. The Kier molecular flexibility index (Phi) is 5.96. The lowest BCUT2D eigenvalue weighted by Crippen LogP contribution is -2.23. The van der Waals surface area contributed by atoms with Crippen molar-refractivity contribution in [3.8, 4) is 0 Å². The molecule has 2 atom stereocenters. The lowest BCUT2D eigenvalue weighted by atomic mass is 9.89. The normalized spacial score (nSPS) is 24.6. The Balaban J connectivity index is 0.00000144. The Morgan fingerprint density at radius 2 is 1.94 bits per heavy atom. The topological polar surface area (TPSA) is 29.3 Å². The lowest BCUT2D eigenvalue weighted by Gasteiger charge is -2.16. The molecule has 2 rings (SSSR count). The van der Waals surface area contributed by atoms with Crippen LogP contribution in [0.5, 0.6) is 0 Å². The standard InChI is InChI=1S/C14H22N2.ClH/c1-2-8-16-10-13(9-15)14(11-16)12-6-4-3-5-7-12;/h3-7,13-14H,2,8-11,15H2,1H3;1H/t13-,14+;/m1./s1. The Bertz CT molecular complexity index is 315. The molecule has 0 amide bonds. The first-order valence-electron chi connectivity index (χ1n) is 6.32. The molecule has 0 unspecified atom stereocenters. The van der Waals surface area contributed by atoms with E-state index in [2.05, 4.69) is 42.2 Å². The fourth-order valence-corrected chi connectivity index (χ4v) is 2.78. The first kappa shape index (κ1) is 14.5. The summed E-state index contributed by atoms with van der Waals surface area (Å²) in [6.07, 6.45) is 1.23. The molecule has 3 heteroatoms. The van der Waals surface area contributed by atoms with Gasteiger partial charge in [-0.2, -0.15) is 0 Å². The molecule has 1 fully saturated rings. The molecule has 17 heavy (non-hydrogen) atoms. The van der Waals surface area contributed by atoms with Gasteiger partial charge in [-0.1, -0.05) is 37.3 Å². The van der Waals surface area contributed by atoms with Crippen LogP contribution in [-0.4, -0.2) is 31.1 Å². The third-order valence-electron chi connectivity index (χ3n) is 3.59. The van der Waals surface area contributed by atoms with Crippen LogP contribution < -0.4 is 5.73 Å². The SMILES string of the molecule is CCCN1C[C@@H](CN)[C@H](c2ccccc2)C1.Cl. The van der Waals surface area contributed by atoms with Gasteiger partial charge >= 0.3 is 0 Å². The van der Waals surface area contributed by atoms with Crippen molar-refractivity contribution in [2.45, 2.75) is 19.3 Å². The van der Waals surface area contributed by atoms with Gasteiger partial charge in [0.1, 0.15) is 0 Å². The Morgan fingerprint density at radius 1 is 1.24 bits per heavy atom. The summed E-state index contributed by atoms with van der Waals surface area (Å²) in [5.74, 6) is 1.27. The fraction of sp³-hybridized carbons (Fsp3) is 0.571. The van der Waals surface area contributed by atoms with Crippen LogP contribution in [0.3, 0.4) is 0 Å². The highest BCUT2D eigenvalue weighted by atomic mass is 35.5. The third kappa shape index (κ3) is 3.44. The second kappa shape index (κ2) is 7.00. The van der Waals surface area contributed by atoms with Crippen molar-refractivity contribution in [2.24, 2.45) is 11.7 Å². The molecular weight excluding hydrogens is 232 g/mol. The number of nitrogens with zero attached hydrogens (tertiary/aromatic N) is 1. The van der Waals surface area contributed by atoms with Gasteiger partial charge in [0.05, 0.1) is 0 Å². The van der Waals surface area contributed by atoms with Crippen molar-refractivity contribution < 1.29 is 0 Å². The van der Waals surface area contributed by atoms with E-state index < -0.39 is 0 Å². The summed E-state index contributed by atoms with van der Waals surface area (Å²) in [4.78, 5) is 2.55. The van der Waals surface area contributed by atoms with Crippen molar-refractivity contribution in [2.75, 3.05) is 26.2 Å². The number of rotatable bonds is 4. The average molecular weight is 255 g/mol. The van der Waals surface area contributed by atoms with E-state index in [-0.39, 0.29) is 12.4 Å². The Morgan fingerprint density at radius 3 is 2.53 bits per heavy atom. The molecule has 2 N–H and O–H groups in total. The molecule has 1 aliphatic rings. The molecule has 0 radical (unpaired) electrons. The van der Waals surface area contributed by atoms with Crippen LogP contribution in [0.2, 0.25) is 0 Å². The maximum Gasteiger partial charge on any atom is 0.00540 e. The van der Waals surface area contributed by atoms with Crippen molar-refractivity contribution >= 4 is 12.4 Å². The molecule has 0 aliphatic carbocycles. The molecule has 96 valence electrons. The zero-order valence-electron chi connectivity index (χ0n) is 10.5. The van der Waals surface area contributed by atoms with Gasteiger partial charge in [0.25, 0.3) is 0 Å². The highest BCUT2D eigenvalue weighted by molar-refractivity contribution is 5.85. The van der Waals surface area contributed by atoms with E-state index in [1.165, 1.54) is 31.6 Å². The summed E-state index contributed by atoms with van der Waals surface area (Å²) in [7, 11) is 0. The van der Waals surface area contributed by atoms with E-state index in [0.717, 1.165) is 6.54 Å². The van der Waals surface area contributed by atoms with Gasteiger partial charge in [0.15, 0.2) is 0 Å². The van der Waals surface area contributed by atoms with E-state index in [4.69, 9.17) is 5.73 Å². The minimum absolute atomic E-state index is 0. The molecule has 1 aromatic carbocycles. The summed E-state index contributed by atoms with van der Waals surface area (Å²) in [5, 5.41) is 0. The van der Waals surface area contributed by atoms with Crippen molar-refractivity contribution in [1.29, 1.82) is 0 Å². The van der Waals surface area contributed by atoms with E-state index in [1.54, 1.807) is 0 Å². The minimum Gasteiger partial charge on any atom is -0.330 e. The molecule has 1 heterocycles. The second-order valence-electron chi connectivity index (χ2n) is 4.77. The fourth-order valence-electron chi connectivity index (χ4n) is 2.78. The monoisotopic (exact) mass is 254 g/mol. The summed E-state index contributed by atoms with van der Waals surface area (Å²) >= 11 is 0. The van der Waals surface area contributed by atoms with Gasteiger partial charge in [0, 0.05) is 19.0 Å². The first-order valence-corrected chi connectivity index (χ1v) is 6.32. The number of hydrogen-bond acceptors (Lipinski definition) is 2. The Hall–Kier alpha value is -0.570. The van der Waals surface area contributed by atoms with E-state index in [0.29, 0.717) is 11.8 Å². The molecular formula is C14H23ClN2. The Labute approximate surface area is 111 Å². The molecule has 2 nitrogen and oxygen atoms in total. The number of halogens is 1. The van der Waals surface area contributed by atoms with Crippen molar-refractivity contribution in [3.63, 3.8) is 0 Å². The number of hydrogen-bond donors (Lipinski definition) is 1. The van der Waals surface area contributed by atoms with Crippen LogP contribution in [0.1, 0.15) is 24.8 Å². The molecule has 1 aliphatic heterocycles. The maximum atomic E-state index is 5.89. The van der Waals surface area contributed by atoms with Gasteiger partial charge < -0.3 is 10.6 Å². The smallest absolute Gasteiger partial charge is 0.00540 e. The van der Waals surface area contributed by atoms with Gasteiger partial charge in [-0.15, -0.1) is 12.4 Å². The van der Waals surface area contributed by atoms with E-state index >= 15 is 0 Å². The van der Waals surface area contributed by atoms with Crippen LogP contribution in [0.4, 0.5) is 0 Å². The van der Waals surface area contributed by atoms with Crippen molar-refractivity contribution in [3.05, 3.63) is 35.9 Å². The maximum absolute atomic E-state index is 5.89. The first-order chi connectivity index (χ1) is 7.85. The van der Waals surface area contributed by atoms with Gasteiger partial charge in [-0.25, -0.2) is 0 Å².